The monoisotopic (exact) mass is 867 g/mol. The van der Waals surface area contributed by atoms with E-state index in [1.165, 1.54) is 57.6 Å². The molecule has 0 spiro atoms. The van der Waals surface area contributed by atoms with E-state index in [1.54, 1.807) is 0 Å². The van der Waals surface area contributed by atoms with E-state index >= 15 is 0 Å². The number of nitrogens with zero attached hydrogens (tertiary/aromatic N) is 3. The molecule has 7 rings (SSSR count). The minimum Gasteiger partial charge on any atom is -0.306 e. The summed E-state index contributed by atoms with van der Waals surface area (Å²) in [4.78, 5) is 11.9. The Balaban J connectivity index is 0.000000162. The molecule has 1 aliphatic heterocycles. The van der Waals surface area contributed by atoms with Crippen molar-refractivity contribution in [3.05, 3.63) is 121 Å². The Bertz CT molecular complexity index is 1670. The topological polar surface area (TPSA) is 29.0 Å². The molecule has 0 radical (unpaired) electrons. The summed E-state index contributed by atoms with van der Waals surface area (Å²) in [6.45, 7) is 2.32. The molecular weight excluding hydrogens is 841 g/mol. The molecule has 0 bridgehead atoms. The number of halogens is 6. The van der Waals surface area contributed by atoms with Crippen molar-refractivity contribution in [1.29, 1.82) is 0 Å². The predicted molar refractivity (Wildman–Crippen MR) is 192 cm³/mol. The molecule has 4 aromatic rings. The fourth-order valence-corrected chi connectivity index (χ4v) is 9.68. The van der Waals surface area contributed by atoms with Crippen LogP contribution >= 0.6 is 86.9 Å². The van der Waals surface area contributed by atoms with Gasteiger partial charge in [0.25, 0.3) is 0 Å². The fraction of sp³-hybridized carbons (Fsp3) is 0.353. The van der Waals surface area contributed by atoms with Gasteiger partial charge in [-0.1, -0.05) is 55.1 Å². The molecule has 0 N–H and O–H groups in total. The summed E-state index contributed by atoms with van der Waals surface area (Å²) in [5.41, 5.74) is 10.5. The lowest BCUT2D eigenvalue weighted by Gasteiger charge is -2.35. The van der Waals surface area contributed by atoms with Gasteiger partial charge in [0.05, 0.1) is 5.69 Å². The van der Waals surface area contributed by atoms with Crippen molar-refractivity contribution >= 4 is 86.9 Å². The molecule has 3 heterocycles. The molecule has 2 aromatic carbocycles. The van der Waals surface area contributed by atoms with E-state index in [1.807, 2.05) is 24.5 Å². The maximum Gasteiger partial charge on any atom is 0.0514 e. The lowest BCUT2D eigenvalue weighted by atomic mass is 9.76. The molecule has 9 heteroatoms. The van der Waals surface area contributed by atoms with Gasteiger partial charge in [-0.2, -0.15) is 0 Å². The average molecular weight is 872 g/mol. The molecular formula is C34H31Br4Cl2N3. The van der Waals surface area contributed by atoms with Gasteiger partial charge in [0.2, 0.25) is 0 Å². The van der Waals surface area contributed by atoms with Crippen molar-refractivity contribution in [3.63, 3.8) is 0 Å². The second kappa shape index (κ2) is 13.9. The van der Waals surface area contributed by atoms with Crippen LogP contribution in [-0.2, 0) is 32.1 Å². The van der Waals surface area contributed by atoms with Crippen molar-refractivity contribution < 1.29 is 0 Å². The lowest BCUT2D eigenvalue weighted by Crippen LogP contribution is -2.33. The van der Waals surface area contributed by atoms with E-state index in [9.17, 15) is 0 Å². The number of aryl methyl sites for hydroxylation is 4. The van der Waals surface area contributed by atoms with Gasteiger partial charge in [0.1, 0.15) is 0 Å². The third-order valence-corrected chi connectivity index (χ3v) is 11.6. The highest BCUT2D eigenvalue weighted by Crippen LogP contribution is 2.46. The quantitative estimate of drug-likeness (QED) is 0.191. The van der Waals surface area contributed by atoms with Gasteiger partial charge >= 0.3 is 0 Å². The van der Waals surface area contributed by atoms with Crippen LogP contribution in [0.25, 0.3) is 0 Å². The van der Waals surface area contributed by atoms with Crippen LogP contribution in [0, 0.1) is 5.92 Å². The zero-order valence-electron chi connectivity index (χ0n) is 23.7. The first-order valence-electron chi connectivity index (χ1n) is 14.6. The number of likely N-dealkylation sites (tertiary alicyclic amines) is 1. The fourth-order valence-electron chi connectivity index (χ4n) is 6.79. The molecule has 0 unspecified atom stereocenters. The van der Waals surface area contributed by atoms with Crippen LogP contribution < -0.4 is 0 Å². The predicted octanol–water partition coefficient (Wildman–Crippen LogP) is 10.8. The maximum absolute atomic E-state index is 6.36. The molecule has 0 amide bonds. The van der Waals surface area contributed by atoms with Crippen LogP contribution in [0.3, 0.4) is 0 Å². The van der Waals surface area contributed by atoms with E-state index in [0.29, 0.717) is 11.8 Å². The summed E-state index contributed by atoms with van der Waals surface area (Å²) >= 11 is 27.0. The summed E-state index contributed by atoms with van der Waals surface area (Å²) in [6.07, 6.45) is 11.2. The number of hydrogen-bond donors (Lipinski definition) is 0. The first kappa shape index (κ1) is 32.2. The molecule has 1 atom stereocenters. The highest BCUT2D eigenvalue weighted by Gasteiger charge is 2.35. The minimum absolute atomic E-state index is 0.348. The van der Waals surface area contributed by atoms with Gasteiger partial charge in [-0.25, -0.2) is 0 Å². The summed E-state index contributed by atoms with van der Waals surface area (Å²) in [6, 6.07) is 12.7. The number of benzene rings is 2. The molecule has 3 aliphatic rings. The van der Waals surface area contributed by atoms with E-state index in [-0.39, 0.29) is 0 Å². The highest BCUT2D eigenvalue weighted by atomic mass is 79.9. The Morgan fingerprint density at radius 3 is 2.02 bits per heavy atom. The Morgan fingerprint density at radius 2 is 1.28 bits per heavy atom. The van der Waals surface area contributed by atoms with Gasteiger partial charge in [-0.05, 0) is 166 Å². The van der Waals surface area contributed by atoms with Crippen LogP contribution in [0.4, 0.5) is 0 Å². The van der Waals surface area contributed by atoms with Crippen LogP contribution in [0.15, 0.2) is 66.7 Å². The van der Waals surface area contributed by atoms with Crippen LogP contribution in [0.5, 0.6) is 0 Å². The second-order valence-electron chi connectivity index (χ2n) is 11.7. The third-order valence-electron chi connectivity index (χ3n) is 8.94. The maximum atomic E-state index is 6.36. The van der Waals surface area contributed by atoms with Crippen molar-refractivity contribution in [3.8, 4) is 0 Å². The van der Waals surface area contributed by atoms with E-state index in [4.69, 9.17) is 28.2 Å². The van der Waals surface area contributed by atoms with Gasteiger partial charge in [0.15, 0.2) is 0 Å². The number of hydrogen-bond acceptors (Lipinski definition) is 3. The molecule has 224 valence electrons. The summed E-state index contributed by atoms with van der Waals surface area (Å²) in [5.74, 6) is 0.971. The standard InChI is InChI=1S/C20H21Br2ClN2.C14H10Br2ClN/c1-25-6-4-12(5-7-25)19-18-13(9-16(23)10-17(18)22)2-3-14-8-15(21)11-24-20(14)19;15-10-3-9-2-1-8-4-11(17)5-13(16)12(8)6-14(9)18-7-10/h8-12,19H,2-7H2,1H3;3-5,7H,1-2,6H2/t19-;/m1./s1. The van der Waals surface area contributed by atoms with Crippen molar-refractivity contribution in [1.82, 2.24) is 14.9 Å². The van der Waals surface area contributed by atoms with Gasteiger partial charge in [0, 0.05) is 58.4 Å². The Hall–Kier alpha value is -0.800. The number of pyridine rings is 2. The summed E-state index contributed by atoms with van der Waals surface area (Å²) in [5, 5.41) is 1.61. The van der Waals surface area contributed by atoms with E-state index in [0.717, 1.165) is 73.1 Å². The first-order valence-corrected chi connectivity index (χ1v) is 18.5. The van der Waals surface area contributed by atoms with Crippen LogP contribution in [0.2, 0.25) is 10.0 Å². The molecule has 1 fully saturated rings. The van der Waals surface area contributed by atoms with Gasteiger partial charge in [-0.15, -0.1) is 0 Å². The SMILES string of the molecule is CN1CCC([C@H]2c3ncc(Br)cc3CCc3cc(Cl)cc(Br)c32)CC1.Clc1cc(Br)c2c(c1)CCc1cc(Br)cnc1C2. The van der Waals surface area contributed by atoms with Gasteiger partial charge in [-0.3, -0.25) is 9.97 Å². The number of rotatable bonds is 1. The minimum atomic E-state index is 0.348. The molecule has 2 aromatic heterocycles. The largest absolute Gasteiger partial charge is 0.306 e. The van der Waals surface area contributed by atoms with Crippen molar-refractivity contribution in [2.75, 3.05) is 20.1 Å². The molecule has 1 saturated heterocycles. The number of fused-ring (bicyclic) bond motifs is 4. The number of aromatic nitrogens is 2. The van der Waals surface area contributed by atoms with Crippen LogP contribution in [-0.4, -0.2) is 35.0 Å². The smallest absolute Gasteiger partial charge is 0.0514 e. The Morgan fingerprint density at radius 1 is 0.698 bits per heavy atom. The van der Waals surface area contributed by atoms with Crippen LogP contribution in [0.1, 0.15) is 63.5 Å². The van der Waals surface area contributed by atoms with Crippen molar-refractivity contribution in [2.45, 2.75) is 50.9 Å². The second-order valence-corrected chi connectivity index (χ2v) is 16.2. The summed E-state index contributed by atoms with van der Waals surface area (Å²) in [7, 11) is 2.22. The normalized spacial score (nSPS) is 18.3. The van der Waals surface area contributed by atoms with E-state index in [2.05, 4.69) is 105 Å². The molecule has 2 aliphatic carbocycles. The Labute approximate surface area is 297 Å². The first-order chi connectivity index (χ1) is 20.7. The third kappa shape index (κ3) is 7.29. The lowest BCUT2D eigenvalue weighted by molar-refractivity contribution is 0.206. The molecule has 0 saturated carbocycles. The molecule has 43 heavy (non-hydrogen) atoms. The average Bonchev–Trinajstić information content (AvgIpc) is 3.24. The van der Waals surface area contributed by atoms with Crippen molar-refractivity contribution in [2.24, 2.45) is 5.92 Å². The molecule has 3 nitrogen and oxygen atoms in total. The highest BCUT2D eigenvalue weighted by molar-refractivity contribution is 9.11. The zero-order chi connectivity index (χ0) is 30.2. The number of piperidine rings is 1. The van der Waals surface area contributed by atoms with E-state index < -0.39 is 0 Å². The zero-order valence-corrected chi connectivity index (χ0v) is 31.6. The summed E-state index contributed by atoms with van der Waals surface area (Å²) < 4.78 is 4.33. The Kier molecular flexibility index (Phi) is 10.4. The van der Waals surface area contributed by atoms with Gasteiger partial charge < -0.3 is 4.90 Å².